The van der Waals surface area contributed by atoms with E-state index >= 15 is 0 Å². The SMILES string of the molecule is O=S(=O)(NCc1ccc(Cl)cc1)c1ccc(Cl)s1. The molecular formula is C11H9Cl2NO2S2. The largest absolute Gasteiger partial charge is 0.250 e. The Kier molecular flexibility index (Phi) is 4.29. The van der Waals surface area contributed by atoms with Gasteiger partial charge in [0.1, 0.15) is 4.21 Å². The number of hydrogen-bond acceptors (Lipinski definition) is 3. The zero-order valence-electron chi connectivity index (χ0n) is 9.06. The number of halogens is 2. The maximum absolute atomic E-state index is 11.9. The Morgan fingerprint density at radius 1 is 1.06 bits per heavy atom. The van der Waals surface area contributed by atoms with Gasteiger partial charge in [0, 0.05) is 11.6 Å². The zero-order valence-corrected chi connectivity index (χ0v) is 12.2. The van der Waals surface area contributed by atoms with Crippen LogP contribution in [0.2, 0.25) is 9.36 Å². The molecule has 0 fully saturated rings. The van der Waals surface area contributed by atoms with Crippen molar-refractivity contribution in [3.63, 3.8) is 0 Å². The molecule has 0 aliphatic heterocycles. The van der Waals surface area contributed by atoms with E-state index in [1.54, 1.807) is 30.3 Å². The maximum Gasteiger partial charge on any atom is 0.250 e. The molecule has 3 nitrogen and oxygen atoms in total. The van der Waals surface area contributed by atoms with E-state index in [0.29, 0.717) is 9.36 Å². The molecule has 0 saturated heterocycles. The molecule has 7 heteroatoms. The van der Waals surface area contributed by atoms with E-state index in [2.05, 4.69) is 4.72 Å². The lowest BCUT2D eigenvalue weighted by atomic mass is 10.2. The fraction of sp³-hybridized carbons (Fsp3) is 0.0909. The Morgan fingerprint density at radius 3 is 2.28 bits per heavy atom. The lowest BCUT2D eigenvalue weighted by Gasteiger charge is -2.04. The van der Waals surface area contributed by atoms with Gasteiger partial charge >= 0.3 is 0 Å². The van der Waals surface area contributed by atoms with E-state index in [9.17, 15) is 8.42 Å². The molecule has 2 aromatic rings. The first-order valence-corrected chi connectivity index (χ1v) is 8.02. The van der Waals surface area contributed by atoms with Crippen molar-refractivity contribution in [2.75, 3.05) is 0 Å². The second kappa shape index (κ2) is 5.59. The first-order valence-electron chi connectivity index (χ1n) is 4.97. The van der Waals surface area contributed by atoms with Gasteiger partial charge in [-0.3, -0.25) is 0 Å². The van der Waals surface area contributed by atoms with Crippen molar-refractivity contribution < 1.29 is 8.42 Å². The topological polar surface area (TPSA) is 46.2 Å². The minimum Gasteiger partial charge on any atom is -0.206 e. The third kappa shape index (κ3) is 3.46. The standard InChI is InChI=1S/C11H9Cl2NO2S2/c12-9-3-1-8(2-4-9)7-14-18(15,16)11-6-5-10(13)17-11/h1-6,14H,7H2. The first kappa shape index (κ1) is 13.8. The van der Waals surface area contributed by atoms with Gasteiger partial charge in [0.05, 0.1) is 4.34 Å². The number of benzene rings is 1. The third-order valence-electron chi connectivity index (χ3n) is 2.19. The van der Waals surface area contributed by atoms with Crippen LogP contribution in [0.4, 0.5) is 0 Å². The molecule has 1 N–H and O–H groups in total. The molecule has 0 amide bonds. The van der Waals surface area contributed by atoms with Crippen molar-refractivity contribution in [3.05, 3.63) is 51.3 Å². The lowest BCUT2D eigenvalue weighted by Crippen LogP contribution is -2.22. The predicted molar refractivity (Wildman–Crippen MR) is 74.8 cm³/mol. The van der Waals surface area contributed by atoms with Gasteiger partial charge in [0.25, 0.3) is 0 Å². The van der Waals surface area contributed by atoms with Crippen LogP contribution < -0.4 is 4.72 Å². The van der Waals surface area contributed by atoms with Crippen molar-refractivity contribution in [2.45, 2.75) is 10.8 Å². The minimum absolute atomic E-state index is 0.210. The van der Waals surface area contributed by atoms with Crippen molar-refractivity contribution in [1.82, 2.24) is 4.72 Å². The van der Waals surface area contributed by atoms with Gasteiger partial charge in [-0.1, -0.05) is 35.3 Å². The van der Waals surface area contributed by atoms with Crippen molar-refractivity contribution in [2.24, 2.45) is 0 Å². The van der Waals surface area contributed by atoms with Crippen LogP contribution in [0.3, 0.4) is 0 Å². The fourth-order valence-electron chi connectivity index (χ4n) is 1.29. The number of thiophene rings is 1. The Labute approximate surface area is 119 Å². The van der Waals surface area contributed by atoms with Crippen LogP contribution in [0.25, 0.3) is 0 Å². The predicted octanol–water partition coefficient (Wildman–Crippen LogP) is 3.53. The second-order valence-electron chi connectivity index (χ2n) is 3.51. The van der Waals surface area contributed by atoms with Crippen molar-refractivity contribution in [3.8, 4) is 0 Å². The summed E-state index contributed by atoms with van der Waals surface area (Å²) < 4.78 is 27.0. The normalized spacial score (nSPS) is 11.7. The van der Waals surface area contributed by atoms with E-state index in [-0.39, 0.29) is 10.8 Å². The van der Waals surface area contributed by atoms with E-state index in [0.717, 1.165) is 16.9 Å². The summed E-state index contributed by atoms with van der Waals surface area (Å²) in [6.07, 6.45) is 0. The highest BCUT2D eigenvalue weighted by atomic mass is 35.5. The summed E-state index contributed by atoms with van der Waals surface area (Å²) in [5.74, 6) is 0. The van der Waals surface area contributed by atoms with Crippen LogP contribution in [0.1, 0.15) is 5.56 Å². The molecule has 0 spiro atoms. The molecule has 1 aromatic heterocycles. The van der Waals surface area contributed by atoms with E-state index in [4.69, 9.17) is 23.2 Å². The van der Waals surface area contributed by atoms with Crippen LogP contribution >= 0.6 is 34.5 Å². The highest BCUT2D eigenvalue weighted by Gasteiger charge is 2.15. The van der Waals surface area contributed by atoms with Gasteiger partial charge in [0.2, 0.25) is 10.0 Å². The van der Waals surface area contributed by atoms with E-state index < -0.39 is 10.0 Å². The average Bonchev–Trinajstić information content (AvgIpc) is 2.76. The van der Waals surface area contributed by atoms with Gasteiger partial charge in [-0.25, -0.2) is 13.1 Å². The zero-order chi connectivity index (χ0) is 13.2. The number of nitrogens with one attached hydrogen (secondary N) is 1. The molecule has 0 unspecified atom stereocenters. The summed E-state index contributed by atoms with van der Waals surface area (Å²) in [5, 5.41) is 0.617. The van der Waals surface area contributed by atoms with E-state index in [1.807, 2.05) is 0 Å². The molecule has 1 heterocycles. The lowest BCUT2D eigenvalue weighted by molar-refractivity contribution is 0.583. The smallest absolute Gasteiger partial charge is 0.206 e. The van der Waals surface area contributed by atoms with Crippen LogP contribution in [0, 0.1) is 0 Å². The molecule has 0 bridgehead atoms. The van der Waals surface area contributed by atoms with E-state index in [1.165, 1.54) is 6.07 Å². The molecule has 0 radical (unpaired) electrons. The van der Waals surface area contributed by atoms with Crippen LogP contribution in [0.5, 0.6) is 0 Å². The van der Waals surface area contributed by atoms with Crippen molar-refractivity contribution >= 4 is 44.6 Å². The van der Waals surface area contributed by atoms with Crippen LogP contribution in [-0.2, 0) is 16.6 Å². The number of sulfonamides is 1. The summed E-state index contributed by atoms with van der Waals surface area (Å²) >= 11 is 12.5. The quantitative estimate of drug-likeness (QED) is 0.936. The van der Waals surface area contributed by atoms with Crippen LogP contribution in [-0.4, -0.2) is 8.42 Å². The average molecular weight is 322 g/mol. The first-order chi connectivity index (χ1) is 8.47. The Bertz CT molecular complexity index is 635. The summed E-state index contributed by atoms with van der Waals surface area (Å²) in [4.78, 5) is 0. The highest BCUT2D eigenvalue weighted by molar-refractivity contribution is 7.91. The maximum atomic E-state index is 11.9. The molecule has 0 aliphatic rings. The molecule has 96 valence electrons. The Balaban J connectivity index is 2.08. The summed E-state index contributed by atoms with van der Waals surface area (Å²) in [6.45, 7) is 0.217. The highest BCUT2D eigenvalue weighted by Crippen LogP contribution is 2.25. The second-order valence-corrected chi connectivity index (χ2v) is 7.65. The molecule has 1 aromatic carbocycles. The Morgan fingerprint density at radius 2 is 1.72 bits per heavy atom. The van der Waals surface area contributed by atoms with Gasteiger partial charge in [0.15, 0.2) is 0 Å². The fourth-order valence-corrected chi connectivity index (χ4v) is 3.96. The van der Waals surface area contributed by atoms with Gasteiger partial charge in [-0.05, 0) is 29.8 Å². The van der Waals surface area contributed by atoms with Gasteiger partial charge < -0.3 is 0 Å². The Hall–Kier alpha value is -0.590. The monoisotopic (exact) mass is 321 g/mol. The molecule has 0 atom stereocenters. The molecule has 18 heavy (non-hydrogen) atoms. The summed E-state index contributed by atoms with van der Waals surface area (Å²) in [5.41, 5.74) is 0.839. The van der Waals surface area contributed by atoms with Crippen LogP contribution in [0.15, 0.2) is 40.6 Å². The minimum atomic E-state index is -3.50. The number of rotatable bonds is 4. The molecule has 0 saturated carbocycles. The summed E-state index contributed by atoms with van der Waals surface area (Å²) in [7, 11) is -3.50. The molecular weight excluding hydrogens is 313 g/mol. The third-order valence-corrected chi connectivity index (χ3v) is 5.57. The van der Waals surface area contributed by atoms with Gasteiger partial charge in [-0.15, -0.1) is 11.3 Å². The number of hydrogen-bond donors (Lipinski definition) is 1. The molecule has 0 aliphatic carbocycles. The van der Waals surface area contributed by atoms with Crippen molar-refractivity contribution in [1.29, 1.82) is 0 Å². The van der Waals surface area contributed by atoms with Gasteiger partial charge in [-0.2, -0.15) is 0 Å². The summed E-state index contributed by atoms with van der Waals surface area (Å²) in [6, 6.07) is 10.0. The molecule has 2 rings (SSSR count).